The zero-order chi connectivity index (χ0) is 27.7. The first-order chi connectivity index (χ1) is 17.8. The van der Waals surface area contributed by atoms with E-state index in [1.165, 1.54) is 0 Å². The predicted octanol–water partition coefficient (Wildman–Crippen LogP) is 3.73. The number of anilines is 1. The van der Waals surface area contributed by atoms with Crippen molar-refractivity contribution in [2.45, 2.75) is 86.4 Å². The van der Waals surface area contributed by atoms with Crippen LogP contribution in [-0.2, 0) is 25.5 Å². The van der Waals surface area contributed by atoms with Crippen molar-refractivity contribution in [2.75, 3.05) is 25.1 Å². The SMILES string of the molecule is CC.CC.CCc1ccc(C2C=C3C(=O)N(CNC(=O)C4CCO4)CC(C)N3N2)c(NC(=O)C(C)C)c1. The van der Waals surface area contributed by atoms with Crippen LogP contribution in [0.3, 0.4) is 0 Å². The van der Waals surface area contributed by atoms with Gasteiger partial charge in [-0.05, 0) is 36.6 Å². The normalized spacial score (nSPS) is 22.0. The number of carbonyl (C=O) groups is 3. The van der Waals surface area contributed by atoms with E-state index in [4.69, 9.17) is 4.74 Å². The van der Waals surface area contributed by atoms with Gasteiger partial charge >= 0.3 is 0 Å². The predicted molar refractivity (Wildman–Crippen MR) is 146 cm³/mol. The number of benzene rings is 1. The van der Waals surface area contributed by atoms with Gasteiger partial charge in [-0.25, -0.2) is 5.43 Å². The topological polar surface area (TPSA) is 103 Å². The molecule has 2 fully saturated rings. The van der Waals surface area contributed by atoms with E-state index < -0.39 is 6.10 Å². The third kappa shape index (κ3) is 7.11. The number of hydrogen-bond donors (Lipinski definition) is 3. The van der Waals surface area contributed by atoms with Gasteiger partial charge in [-0.15, -0.1) is 0 Å². The zero-order valence-corrected chi connectivity index (χ0v) is 23.7. The maximum absolute atomic E-state index is 13.2. The van der Waals surface area contributed by atoms with Crippen molar-refractivity contribution < 1.29 is 19.1 Å². The summed E-state index contributed by atoms with van der Waals surface area (Å²) < 4.78 is 5.21. The molecule has 3 aliphatic heterocycles. The van der Waals surface area contributed by atoms with Crippen molar-refractivity contribution in [1.29, 1.82) is 0 Å². The number of ether oxygens (including phenoxy) is 1. The van der Waals surface area contributed by atoms with Crippen LogP contribution in [-0.4, -0.2) is 59.6 Å². The number of piperazine rings is 1. The molecule has 3 aliphatic rings. The van der Waals surface area contributed by atoms with Crippen molar-refractivity contribution in [3.63, 3.8) is 0 Å². The molecule has 2 saturated heterocycles. The van der Waals surface area contributed by atoms with E-state index in [0.29, 0.717) is 25.3 Å². The Labute approximate surface area is 222 Å². The van der Waals surface area contributed by atoms with Crippen LogP contribution in [0.5, 0.6) is 0 Å². The van der Waals surface area contributed by atoms with Crippen LogP contribution in [0.15, 0.2) is 30.0 Å². The third-order valence-electron chi connectivity index (χ3n) is 6.37. The van der Waals surface area contributed by atoms with Gasteiger partial charge in [-0.1, -0.05) is 60.6 Å². The molecule has 0 bridgehead atoms. The number of nitrogens with one attached hydrogen (secondary N) is 3. The molecular weight excluding hydrogens is 470 g/mol. The first-order valence-corrected chi connectivity index (χ1v) is 13.7. The van der Waals surface area contributed by atoms with E-state index in [0.717, 1.165) is 23.2 Å². The Kier molecular flexibility index (Phi) is 11.6. The fraction of sp³-hybridized carbons (Fsp3) is 0.607. The summed E-state index contributed by atoms with van der Waals surface area (Å²) >= 11 is 0. The molecule has 0 spiro atoms. The first-order valence-electron chi connectivity index (χ1n) is 13.7. The van der Waals surface area contributed by atoms with E-state index in [1.54, 1.807) is 4.90 Å². The second-order valence-electron chi connectivity index (χ2n) is 9.17. The Balaban J connectivity index is 0.00000115. The lowest BCUT2D eigenvalue weighted by Gasteiger charge is -2.40. The molecule has 9 nitrogen and oxygen atoms in total. The average Bonchev–Trinajstić information content (AvgIpc) is 3.33. The molecule has 1 aromatic rings. The maximum atomic E-state index is 13.2. The van der Waals surface area contributed by atoms with E-state index in [-0.39, 0.29) is 42.4 Å². The number of amides is 3. The van der Waals surface area contributed by atoms with Gasteiger partial charge in [-0.2, -0.15) is 0 Å². The molecule has 3 heterocycles. The van der Waals surface area contributed by atoms with E-state index >= 15 is 0 Å². The summed E-state index contributed by atoms with van der Waals surface area (Å²) in [5.74, 6) is -0.507. The second kappa shape index (κ2) is 14.1. The molecule has 3 amide bonds. The lowest BCUT2D eigenvalue weighted by Crippen LogP contribution is -2.58. The monoisotopic (exact) mass is 515 g/mol. The van der Waals surface area contributed by atoms with Gasteiger partial charge < -0.3 is 20.3 Å². The van der Waals surface area contributed by atoms with Crippen LogP contribution in [0, 0.1) is 5.92 Å². The number of rotatable bonds is 7. The van der Waals surface area contributed by atoms with Gasteiger partial charge in [0.15, 0.2) is 0 Å². The van der Waals surface area contributed by atoms with Crippen LogP contribution in [0.25, 0.3) is 0 Å². The molecule has 0 aliphatic carbocycles. The average molecular weight is 516 g/mol. The van der Waals surface area contributed by atoms with E-state index in [9.17, 15) is 14.4 Å². The summed E-state index contributed by atoms with van der Waals surface area (Å²) in [6.07, 6.45) is 3.07. The molecule has 3 unspecified atom stereocenters. The summed E-state index contributed by atoms with van der Waals surface area (Å²) in [6.45, 7) is 17.1. The molecule has 0 radical (unpaired) electrons. The van der Waals surface area contributed by atoms with Gasteiger partial charge in [0, 0.05) is 24.6 Å². The van der Waals surface area contributed by atoms with E-state index in [2.05, 4.69) is 23.0 Å². The molecule has 206 valence electrons. The highest BCUT2D eigenvalue weighted by atomic mass is 16.5. The number of hydrazine groups is 1. The molecule has 9 heteroatoms. The summed E-state index contributed by atoms with van der Waals surface area (Å²) in [5.41, 5.74) is 6.77. The first kappa shape index (κ1) is 30.3. The standard InChI is InChI=1S/C24H33N5O4.2C2H6/c1-5-16-6-7-17(18(10-16)26-22(30)14(2)3)19-11-20-24(32)28(12-15(4)29(20)27-19)13-25-23(31)21-8-9-33-21;2*1-2/h6-7,10-11,14-15,19,21,27H,5,8-9,12-13H2,1-4H3,(H,25,31)(H,26,30);2*1-2H3. The molecular formula is C28H45N5O4. The van der Waals surface area contributed by atoms with Crippen LogP contribution in [0.4, 0.5) is 5.69 Å². The Morgan fingerprint density at radius 1 is 1.19 bits per heavy atom. The van der Waals surface area contributed by atoms with Crippen molar-refractivity contribution in [3.8, 4) is 0 Å². The number of hydrogen-bond acceptors (Lipinski definition) is 6. The van der Waals surface area contributed by atoms with Crippen molar-refractivity contribution >= 4 is 23.4 Å². The van der Waals surface area contributed by atoms with Crippen LogP contribution in [0.1, 0.15) is 79.0 Å². The van der Waals surface area contributed by atoms with Gasteiger partial charge in [0.25, 0.3) is 11.8 Å². The molecule has 0 aromatic heterocycles. The fourth-order valence-corrected chi connectivity index (χ4v) is 4.18. The summed E-state index contributed by atoms with van der Waals surface area (Å²) in [6, 6.07) is 5.82. The Morgan fingerprint density at radius 2 is 1.86 bits per heavy atom. The highest BCUT2D eigenvalue weighted by molar-refractivity contribution is 5.95. The molecule has 1 aromatic carbocycles. The van der Waals surface area contributed by atoms with Gasteiger partial charge in [0.2, 0.25) is 5.91 Å². The second-order valence-corrected chi connectivity index (χ2v) is 9.17. The molecule has 3 N–H and O–H groups in total. The van der Waals surface area contributed by atoms with Crippen LogP contribution < -0.4 is 16.1 Å². The summed E-state index contributed by atoms with van der Waals surface area (Å²) in [7, 11) is 0. The van der Waals surface area contributed by atoms with Gasteiger partial charge in [-0.3, -0.25) is 19.4 Å². The smallest absolute Gasteiger partial charge is 0.272 e. The quantitative estimate of drug-likeness (QED) is 0.511. The third-order valence-corrected chi connectivity index (χ3v) is 6.37. The minimum Gasteiger partial charge on any atom is -0.368 e. The fourth-order valence-electron chi connectivity index (χ4n) is 4.18. The number of fused-ring (bicyclic) bond motifs is 1. The number of nitrogens with zero attached hydrogens (tertiary/aromatic N) is 2. The van der Waals surface area contributed by atoms with Gasteiger partial charge in [0.1, 0.15) is 11.8 Å². The molecule has 0 saturated carbocycles. The molecule has 4 rings (SSSR count). The van der Waals surface area contributed by atoms with Gasteiger partial charge in [0.05, 0.1) is 25.4 Å². The summed E-state index contributed by atoms with van der Waals surface area (Å²) in [5, 5.41) is 7.75. The number of carbonyl (C=O) groups excluding carboxylic acids is 3. The summed E-state index contributed by atoms with van der Waals surface area (Å²) in [4.78, 5) is 39.3. The minimum absolute atomic E-state index is 0.0134. The Hall–Kier alpha value is -2.91. The van der Waals surface area contributed by atoms with Crippen molar-refractivity contribution in [2.24, 2.45) is 5.92 Å². The maximum Gasteiger partial charge on any atom is 0.272 e. The lowest BCUT2D eigenvalue weighted by atomic mass is 10.0. The highest BCUT2D eigenvalue weighted by Gasteiger charge is 2.40. The zero-order valence-electron chi connectivity index (χ0n) is 23.7. The number of aryl methyl sites for hydroxylation is 1. The van der Waals surface area contributed by atoms with Crippen molar-refractivity contribution in [1.82, 2.24) is 20.7 Å². The lowest BCUT2D eigenvalue weighted by molar-refractivity contribution is -0.147. The van der Waals surface area contributed by atoms with E-state index in [1.807, 2.05) is 77.8 Å². The largest absolute Gasteiger partial charge is 0.368 e. The molecule has 3 atom stereocenters. The van der Waals surface area contributed by atoms with Crippen LogP contribution in [0.2, 0.25) is 0 Å². The highest BCUT2D eigenvalue weighted by Crippen LogP contribution is 2.34. The van der Waals surface area contributed by atoms with Crippen LogP contribution >= 0.6 is 0 Å². The van der Waals surface area contributed by atoms with Crippen molar-refractivity contribution in [3.05, 3.63) is 41.1 Å². The Bertz CT molecular complexity index is 973. The minimum atomic E-state index is -0.402. The molecule has 37 heavy (non-hydrogen) atoms. The Morgan fingerprint density at radius 3 is 2.43 bits per heavy atom.